The molecular formula is C23H23Cl2N3O4S. The van der Waals surface area contributed by atoms with Gasteiger partial charge in [-0.15, -0.1) is 11.3 Å². The van der Waals surface area contributed by atoms with Crippen LogP contribution in [0.1, 0.15) is 58.0 Å². The van der Waals surface area contributed by atoms with Gasteiger partial charge in [0.15, 0.2) is 12.4 Å². The predicted octanol–water partition coefficient (Wildman–Crippen LogP) is 5.98. The largest absolute Gasteiger partial charge is 0.470 e. The molecule has 0 aliphatic heterocycles. The van der Waals surface area contributed by atoms with E-state index < -0.39 is 11.9 Å². The second-order valence-corrected chi connectivity index (χ2v) is 9.86. The summed E-state index contributed by atoms with van der Waals surface area (Å²) < 4.78 is 12.6. The first-order valence-electron chi connectivity index (χ1n) is 10.6. The van der Waals surface area contributed by atoms with E-state index in [9.17, 15) is 9.59 Å². The van der Waals surface area contributed by atoms with Gasteiger partial charge in [-0.2, -0.15) is 5.10 Å². The Bertz CT molecular complexity index is 1190. The molecule has 1 aliphatic carbocycles. The summed E-state index contributed by atoms with van der Waals surface area (Å²) in [7, 11) is 0. The van der Waals surface area contributed by atoms with E-state index >= 15 is 0 Å². The molecule has 3 aromatic rings. The quantitative estimate of drug-likeness (QED) is 0.397. The molecule has 0 saturated heterocycles. The number of hydrogen-bond donors (Lipinski definition) is 1. The number of esters is 1. The van der Waals surface area contributed by atoms with E-state index in [-0.39, 0.29) is 18.5 Å². The molecule has 0 atom stereocenters. The zero-order valence-electron chi connectivity index (χ0n) is 18.2. The van der Waals surface area contributed by atoms with Gasteiger partial charge < -0.3 is 14.8 Å². The van der Waals surface area contributed by atoms with Gasteiger partial charge in [0.25, 0.3) is 5.91 Å². The first-order chi connectivity index (χ1) is 15.8. The monoisotopic (exact) mass is 507 g/mol. The molecule has 0 radical (unpaired) electrons. The van der Waals surface area contributed by atoms with Crippen LogP contribution >= 0.6 is 34.5 Å². The summed E-state index contributed by atoms with van der Waals surface area (Å²) in [6.45, 7) is 3.68. The maximum Gasteiger partial charge on any atom is 0.341 e. The van der Waals surface area contributed by atoms with Gasteiger partial charge in [-0.05, 0) is 69.4 Å². The van der Waals surface area contributed by atoms with E-state index in [1.54, 1.807) is 44.3 Å². The summed E-state index contributed by atoms with van der Waals surface area (Å²) >= 11 is 13.5. The summed E-state index contributed by atoms with van der Waals surface area (Å²) in [6.07, 6.45) is 5.18. The average Bonchev–Trinajstić information content (AvgIpc) is 3.37. The Balaban J connectivity index is 1.48. The normalized spacial score (nSPS) is 13.0. The number of nitrogens with zero attached hydrogens (tertiary/aromatic N) is 2. The Labute approximate surface area is 205 Å². The van der Waals surface area contributed by atoms with Crippen molar-refractivity contribution < 1.29 is 19.1 Å². The van der Waals surface area contributed by atoms with Crippen LogP contribution in [0.5, 0.6) is 5.75 Å². The number of nitrogens with one attached hydrogen (secondary N) is 1. The van der Waals surface area contributed by atoms with Gasteiger partial charge in [-0.25, -0.2) is 9.48 Å². The molecule has 1 aliphatic rings. The van der Waals surface area contributed by atoms with E-state index in [0.717, 1.165) is 36.1 Å². The lowest BCUT2D eigenvalue weighted by Crippen LogP contribution is -2.18. The van der Waals surface area contributed by atoms with Gasteiger partial charge in [0, 0.05) is 16.1 Å². The van der Waals surface area contributed by atoms with Gasteiger partial charge >= 0.3 is 5.97 Å². The van der Waals surface area contributed by atoms with Crippen LogP contribution in [-0.2, 0) is 24.3 Å². The van der Waals surface area contributed by atoms with E-state index in [4.69, 9.17) is 32.7 Å². The highest BCUT2D eigenvalue weighted by atomic mass is 35.5. The van der Waals surface area contributed by atoms with Crippen molar-refractivity contribution in [1.29, 1.82) is 0 Å². The smallest absolute Gasteiger partial charge is 0.341 e. The molecule has 174 valence electrons. The zero-order valence-corrected chi connectivity index (χ0v) is 20.5. The SMILES string of the molecule is CC(C)OC(=O)c1c(NC(=O)c2ccn(COc3ccc(Cl)cc3Cl)n2)sc2c1CCCC2. The number of carbonyl (C=O) groups excluding carboxylic acids is 2. The predicted molar refractivity (Wildman–Crippen MR) is 129 cm³/mol. The number of ether oxygens (including phenoxy) is 2. The number of aromatic nitrogens is 2. The summed E-state index contributed by atoms with van der Waals surface area (Å²) in [5, 5.41) is 8.55. The summed E-state index contributed by atoms with van der Waals surface area (Å²) in [4.78, 5) is 26.8. The lowest BCUT2D eigenvalue weighted by atomic mass is 9.95. The second kappa shape index (κ2) is 10.2. The van der Waals surface area contributed by atoms with Crippen LogP contribution in [0.4, 0.5) is 5.00 Å². The highest BCUT2D eigenvalue weighted by molar-refractivity contribution is 7.17. The molecule has 0 saturated carbocycles. The van der Waals surface area contributed by atoms with Gasteiger partial charge in [0.05, 0.1) is 16.7 Å². The van der Waals surface area contributed by atoms with Crippen LogP contribution in [0, 0.1) is 0 Å². The third-order valence-electron chi connectivity index (χ3n) is 5.06. The molecule has 4 rings (SSSR count). The Morgan fingerprint density at radius 2 is 2.00 bits per heavy atom. The molecule has 1 N–H and O–H groups in total. The molecule has 10 heteroatoms. The van der Waals surface area contributed by atoms with Gasteiger partial charge in [0.2, 0.25) is 0 Å². The average molecular weight is 508 g/mol. The van der Waals surface area contributed by atoms with Crippen molar-refractivity contribution in [3.8, 4) is 5.75 Å². The summed E-state index contributed by atoms with van der Waals surface area (Å²) in [6, 6.07) is 6.51. The molecule has 0 unspecified atom stereocenters. The minimum Gasteiger partial charge on any atom is -0.470 e. The van der Waals surface area contributed by atoms with Crippen LogP contribution in [0.15, 0.2) is 30.5 Å². The molecular weight excluding hydrogens is 485 g/mol. The number of benzene rings is 1. The number of anilines is 1. The minimum absolute atomic E-state index is 0.0634. The van der Waals surface area contributed by atoms with Crippen LogP contribution in [0.3, 0.4) is 0 Å². The van der Waals surface area contributed by atoms with E-state index in [0.29, 0.717) is 26.4 Å². The molecule has 1 aromatic carbocycles. The van der Waals surface area contributed by atoms with Crippen molar-refractivity contribution in [3.63, 3.8) is 0 Å². The van der Waals surface area contributed by atoms with Crippen LogP contribution in [0.25, 0.3) is 0 Å². The Kier molecular flexibility index (Phi) is 7.26. The van der Waals surface area contributed by atoms with E-state index in [1.807, 2.05) is 0 Å². The highest BCUT2D eigenvalue weighted by Gasteiger charge is 2.28. The number of rotatable bonds is 7. The standard InChI is InChI=1S/C23H23Cl2N3O4S/c1-13(2)32-23(30)20-15-5-3-4-6-19(15)33-22(20)26-21(29)17-9-10-28(27-17)12-31-18-8-7-14(24)11-16(18)25/h7-11,13H,3-6,12H2,1-2H3,(H,26,29). The number of amides is 1. The summed E-state index contributed by atoms with van der Waals surface area (Å²) in [5.74, 6) is -0.353. The third-order valence-corrected chi connectivity index (χ3v) is 6.80. The first-order valence-corrected chi connectivity index (χ1v) is 12.2. The van der Waals surface area contributed by atoms with Crippen LogP contribution < -0.4 is 10.1 Å². The number of thiophene rings is 1. The molecule has 1 amide bonds. The van der Waals surface area contributed by atoms with E-state index in [2.05, 4.69) is 10.4 Å². The van der Waals surface area contributed by atoms with Gasteiger partial charge in [-0.1, -0.05) is 23.2 Å². The fourth-order valence-electron chi connectivity index (χ4n) is 3.59. The maximum absolute atomic E-state index is 12.9. The molecule has 0 fully saturated rings. The second-order valence-electron chi connectivity index (χ2n) is 7.91. The Morgan fingerprint density at radius 1 is 1.21 bits per heavy atom. The lowest BCUT2D eigenvalue weighted by molar-refractivity contribution is 0.0378. The zero-order chi connectivity index (χ0) is 23.5. The van der Waals surface area contributed by atoms with Crippen molar-refractivity contribution in [2.75, 3.05) is 5.32 Å². The minimum atomic E-state index is -0.407. The molecule has 33 heavy (non-hydrogen) atoms. The fraction of sp³-hybridized carbons (Fsp3) is 0.348. The van der Waals surface area contributed by atoms with Crippen molar-refractivity contribution in [2.24, 2.45) is 0 Å². The molecule has 0 bridgehead atoms. The van der Waals surface area contributed by atoms with Crippen LogP contribution in [-0.4, -0.2) is 27.8 Å². The molecule has 0 spiro atoms. The van der Waals surface area contributed by atoms with Gasteiger partial charge in [0.1, 0.15) is 10.8 Å². The number of aryl methyl sites for hydroxylation is 1. The Hall–Kier alpha value is -2.55. The Morgan fingerprint density at radius 3 is 2.76 bits per heavy atom. The van der Waals surface area contributed by atoms with Crippen molar-refractivity contribution in [3.05, 3.63) is 62.2 Å². The van der Waals surface area contributed by atoms with Gasteiger partial charge in [-0.3, -0.25) is 4.79 Å². The topological polar surface area (TPSA) is 82.5 Å². The number of hydrogen-bond acceptors (Lipinski definition) is 6. The van der Waals surface area contributed by atoms with Crippen LogP contribution in [0.2, 0.25) is 10.0 Å². The molecule has 7 nitrogen and oxygen atoms in total. The highest BCUT2D eigenvalue weighted by Crippen LogP contribution is 2.39. The number of carbonyl (C=O) groups is 2. The molecule has 2 aromatic heterocycles. The maximum atomic E-state index is 12.9. The molecule has 2 heterocycles. The number of fused-ring (bicyclic) bond motifs is 1. The van der Waals surface area contributed by atoms with Crippen molar-refractivity contribution in [2.45, 2.75) is 52.4 Å². The lowest BCUT2D eigenvalue weighted by Gasteiger charge is -2.14. The first kappa shape index (κ1) is 23.6. The number of halogens is 2. The summed E-state index contributed by atoms with van der Waals surface area (Å²) in [5.41, 5.74) is 1.67. The third kappa shape index (κ3) is 5.51. The fourth-order valence-corrected chi connectivity index (χ4v) is 5.33. The van der Waals surface area contributed by atoms with Crippen molar-refractivity contribution in [1.82, 2.24) is 9.78 Å². The van der Waals surface area contributed by atoms with Crippen molar-refractivity contribution >= 4 is 51.4 Å². The van der Waals surface area contributed by atoms with E-state index in [1.165, 1.54) is 16.0 Å².